The number of nitrogens with zero attached hydrogens (tertiary/aromatic N) is 2. The first-order valence-corrected chi connectivity index (χ1v) is 8.57. The van der Waals surface area contributed by atoms with E-state index in [1.54, 1.807) is 6.92 Å². The van der Waals surface area contributed by atoms with Crippen molar-refractivity contribution in [2.45, 2.75) is 6.92 Å². The van der Waals surface area contributed by atoms with Gasteiger partial charge in [0.1, 0.15) is 5.57 Å². The highest BCUT2D eigenvalue weighted by Crippen LogP contribution is 2.34. The van der Waals surface area contributed by atoms with Gasteiger partial charge in [-0.1, -0.05) is 41.4 Å². The Morgan fingerprint density at radius 2 is 1.86 bits per heavy atom. The summed E-state index contributed by atoms with van der Waals surface area (Å²) in [6.07, 6.45) is 1.17. The van der Waals surface area contributed by atoms with Crippen LogP contribution in [-0.4, -0.2) is 22.8 Å². The third kappa shape index (κ3) is 3.47. The van der Waals surface area contributed by atoms with Gasteiger partial charge in [0.25, 0.3) is 17.5 Å². The number of hydrogen-bond acceptors (Lipinski definition) is 5. The molecule has 0 atom stereocenters. The molecule has 28 heavy (non-hydrogen) atoms. The Balaban J connectivity index is 2.08. The highest BCUT2D eigenvalue weighted by atomic mass is 35.5. The zero-order valence-corrected chi connectivity index (χ0v) is 15.7. The van der Waals surface area contributed by atoms with E-state index in [0.717, 1.165) is 0 Å². The van der Waals surface area contributed by atoms with Crippen LogP contribution in [0.3, 0.4) is 0 Å². The molecule has 1 fully saturated rings. The fourth-order valence-corrected chi connectivity index (χ4v) is 3.00. The SMILES string of the molecule is Cc1ccc(/C=C2\C(=O)NC(=O)N(c3cccc(Cl)c3Cl)C2=O)cc1[N+](=O)[O-]. The number of barbiturate groups is 1. The molecular weight excluding hydrogens is 409 g/mol. The minimum atomic E-state index is -0.980. The van der Waals surface area contributed by atoms with E-state index in [4.69, 9.17) is 23.2 Å². The van der Waals surface area contributed by atoms with Gasteiger partial charge in [0.05, 0.1) is 20.7 Å². The van der Waals surface area contributed by atoms with Crippen molar-refractivity contribution in [3.63, 3.8) is 0 Å². The van der Waals surface area contributed by atoms with Gasteiger partial charge in [-0.15, -0.1) is 0 Å². The second kappa shape index (κ2) is 7.41. The van der Waals surface area contributed by atoms with Crippen LogP contribution < -0.4 is 10.2 Å². The van der Waals surface area contributed by atoms with Crippen LogP contribution >= 0.6 is 23.2 Å². The number of carbonyl (C=O) groups is 3. The third-order valence-electron chi connectivity index (χ3n) is 4.01. The molecule has 0 unspecified atom stereocenters. The topological polar surface area (TPSA) is 110 Å². The first-order valence-electron chi connectivity index (χ1n) is 7.81. The molecule has 3 rings (SSSR count). The number of nitrogens with one attached hydrogen (secondary N) is 1. The minimum absolute atomic E-state index is 0.00459. The van der Waals surface area contributed by atoms with E-state index < -0.39 is 22.8 Å². The van der Waals surface area contributed by atoms with Crippen molar-refractivity contribution >= 4 is 58.5 Å². The summed E-state index contributed by atoms with van der Waals surface area (Å²) in [5.74, 6) is -1.85. The number of halogens is 2. The van der Waals surface area contributed by atoms with Crippen LogP contribution in [-0.2, 0) is 9.59 Å². The number of amides is 4. The predicted octanol–water partition coefficient (Wildman–Crippen LogP) is 3.88. The lowest BCUT2D eigenvalue weighted by Gasteiger charge is -2.27. The maximum atomic E-state index is 12.8. The van der Waals surface area contributed by atoms with Crippen LogP contribution in [0, 0.1) is 17.0 Å². The average molecular weight is 420 g/mol. The quantitative estimate of drug-likeness (QED) is 0.351. The first kappa shape index (κ1) is 19.5. The van der Waals surface area contributed by atoms with Crippen LogP contribution in [0.15, 0.2) is 42.0 Å². The minimum Gasteiger partial charge on any atom is -0.273 e. The van der Waals surface area contributed by atoms with Crippen molar-refractivity contribution in [1.29, 1.82) is 0 Å². The molecule has 1 saturated heterocycles. The number of benzene rings is 2. The van der Waals surface area contributed by atoms with Gasteiger partial charge in [-0.25, -0.2) is 9.69 Å². The van der Waals surface area contributed by atoms with E-state index in [2.05, 4.69) is 0 Å². The van der Waals surface area contributed by atoms with Crippen LogP contribution in [0.25, 0.3) is 6.08 Å². The fourth-order valence-electron chi connectivity index (χ4n) is 2.62. The van der Waals surface area contributed by atoms with E-state index >= 15 is 0 Å². The van der Waals surface area contributed by atoms with Crippen molar-refractivity contribution in [3.8, 4) is 0 Å². The molecule has 8 nitrogen and oxygen atoms in total. The Morgan fingerprint density at radius 1 is 1.14 bits per heavy atom. The van der Waals surface area contributed by atoms with Gasteiger partial charge >= 0.3 is 6.03 Å². The molecule has 1 aliphatic rings. The molecule has 2 aromatic carbocycles. The Hall–Kier alpha value is -3.23. The molecule has 0 saturated carbocycles. The standard InChI is InChI=1S/C18H11Cl2N3O5/c1-9-5-6-10(8-14(9)23(27)28)7-11-16(24)21-18(26)22(17(11)25)13-4-2-3-12(19)15(13)20/h2-8H,1H3,(H,21,24,26)/b11-7+. The molecule has 0 aromatic heterocycles. The maximum Gasteiger partial charge on any atom is 0.336 e. The van der Waals surface area contributed by atoms with Gasteiger partial charge in [0, 0.05) is 11.6 Å². The number of hydrogen-bond donors (Lipinski definition) is 1. The number of nitro groups is 1. The number of aryl methyl sites for hydroxylation is 1. The Bertz CT molecular complexity index is 1080. The van der Waals surface area contributed by atoms with Gasteiger partial charge in [-0.2, -0.15) is 0 Å². The van der Waals surface area contributed by atoms with Gasteiger partial charge in [-0.05, 0) is 30.7 Å². The molecule has 0 spiro atoms. The summed E-state index contributed by atoms with van der Waals surface area (Å²) in [7, 11) is 0. The lowest BCUT2D eigenvalue weighted by atomic mass is 10.0. The summed E-state index contributed by atoms with van der Waals surface area (Å²) in [5, 5.41) is 13.2. The number of urea groups is 1. The highest BCUT2D eigenvalue weighted by molar-refractivity contribution is 6.46. The number of rotatable bonds is 3. The normalized spacial score (nSPS) is 15.8. The third-order valence-corrected chi connectivity index (χ3v) is 4.82. The van der Waals surface area contributed by atoms with Gasteiger partial charge < -0.3 is 0 Å². The number of carbonyl (C=O) groups excluding carboxylic acids is 3. The van der Waals surface area contributed by atoms with Crippen LogP contribution in [0.2, 0.25) is 10.0 Å². The van der Waals surface area contributed by atoms with E-state index in [9.17, 15) is 24.5 Å². The van der Waals surface area contributed by atoms with Gasteiger partial charge in [0.2, 0.25) is 0 Å². The van der Waals surface area contributed by atoms with Crippen LogP contribution in [0.4, 0.5) is 16.2 Å². The van der Waals surface area contributed by atoms with Crippen molar-refractivity contribution in [1.82, 2.24) is 5.32 Å². The Morgan fingerprint density at radius 3 is 2.54 bits per heavy atom. The lowest BCUT2D eigenvalue weighted by molar-refractivity contribution is -0.385. The number of anilines is 1. The zero-order chi connectivity index (χ0) is 20.6. The molecule has 1 aliphatic heterocycles. The second-order valence-electron chi connectivity index (χ2n) is 5.83. The monoisotopic (exact) mass is 419 g/mol. The molecule has 0 radical (unpaired) electrons. The molecule has 142 valence electrons. The summed E-state index contributed by atoms with van der Waals surface area (Å²) in [6, 6.07) is 7.63. The van der Waals surface area contributed by atoms with E-state index in [-0.39, 0.29) is 32.6 Å². The predicted molar refractivity (Wildman–Crippen MR) is 103 cm³/mol. The molecule has 1 N–H and O–H groups in total. The Labute approximate surface area is 168 Å². The molecule has 2 aromatic rings. The van der Waals surface area contributed by atoms with Crippen LogP contribution in [0.1, 0.15) is 11.1 Å². The Kier molecular flexibility index (Phi) is 5.17. The molecule has 4 amide bonds. The summed E-state index contributed by atoms with van der Waals surface area (Å²) < 4.78 is 0. The first-order chi connectivity index (χ1) is 13.2. The van der Waals surface area contributed by atoms with Crippen molar-refractivity contribution in [3.05, 3.63) is 73.3 Å². The molecule has 10 heteroatoms. The summed E-state index contributed by atoms with van der Waals surface area (Å²) in [6.45, 7) is 1.56. The fraction of sp³-hybridized carbons (Fsp3) is 0.0556. The molecule has 0 aliphatic carbocycles. The van der Waals surface area contributed by atoms with Crippen molar-refractivity contribution in [2.24, 2.45) is 0 Å². The van der Waals surface area contributed by atoms with Crippen molar-refractivity contribution < 1.29 is 19.3 Å². The summed E-state index contributed by atoms with van der Waals surface area (Å²) in [5.41, 5.74) is 0.138. The average Bonchev–Trinajstić information content (AvgIpc) is 2.63. The highest BCUT2D eigenvalue weighted by Gasteiger charge is 2.38. The van der Waals surface area contributed by atoms with Gasteiger partial charge in [0.15, 0.2) is 0 Å². The molecular formula is C18H11Cl2N3O5. The van der Waals surface area contributed by atoms with Gasteiger partial charge in [-0.3, -0.25) is 25.0 Å². The summed E-state index contributed by atoms with van der Waals surface area (Å²) in [4.78, 5) is 48.5. The molecule has 0 bridgehead atoms. The summed E-state index contributed by atoms with van der Waals surface area (Å²) >= 11 is 12.0. The number of nitro benzene ring substituents is 1. The lowest BCUT2D eigenvalue weighted by Crippen LogP contribution is -2.54. The molecule has 1 heterocycles. The maximum absolute atomic E-state index is 12.8. The zero-order valence-electron chi connectivity index (χ0n) is 14.2. The van der Waals surface area contributed by atoms with E-state index in [0.29, 0.717) is 10.5 Å². The smallest absolute Gasteiger partial charge is 0.273 e. The van der Waals surface area contributed by atoms with E-state index in [1.165, 1.54) is 42.5 Å². The number of imide groups is 2. The van der Waals surface area contributed by atoms with Crippen molar-refractivity contribution in [2.75, 3.05) is 4.90 Å². The van der Waals surface area contributed by atoms with E-state index in [1.807, 2.05) is 5.32 Å². The second-order valence-corrected chi connectivity index (χ2v) is 6.62. The largest absolute Gasteiger partial charge is 0.336 e. The van der Waals surface area contributed by atoms with Crippen LogP contribution in [0.5, 0.6) is 0 Å².